The molecule has 0 spiro atoms. The van der Waals surface area contributed by atoms with Crippen molar-refractivity contribution in [2.75, 3.05) is 18.5 Å². The fraction of sp³-hybridized carbons (Fsp3) is 0.286. The van der Waals surface area contributed by atoms with Crippen LogP contribution in [0.3, 0.4) is 0 Å². The maximum Gasteiger partial charge on any atom is 0.224 e. The molecule has 0 saturated carbocycles. The molecule has 0 saturated heterocycles. The van der Waals surface area contributed by atoms with Crippen LogP contribution in [-0.2, 0) is 22.5 Å². The zero-order valence-corrected chi connectivity index (χ0v) is 17.0. The Morgan fingerprint density at radius 1 is 1.07 bits per heavy atom. The first-order chi connectivity index (χ1) is 13.7. The largest absolute Gasteiger partial charge is 0.381 e. The summed E-state index contributed by atoms with van der Waals surface area (Å²) in [5.41, 5.74) is 8.39. The smallest absolute Gasteiger partial charge is 0.224 e. The minimum absolute atomic E-state index is 0. The molecule has 2 aromatic carbocycles. The number of H-pyrrole nitrogens is 1. The third-order valence-electron chi connectivity index (χ3n) is 4.22. The van der Waals surface area contributed by atoms with E-state index in [9.17, 15) is 4.79 Å². The Morgan fingerprint density at radius 3 is 2.52 bits per heavy atom. The number of carbonyl (C=O) groups is 1. The molecule has 7 nitrogen and oxygen atoms in total. The number of nitrogens with two attached hydrogens (primary N) is 1. The van der Waals surface area contributed by atoms with E-state index in [1.807, 2.05) is 42.5 Å². The van der Waals surface area contributed by atoms with E-state index in [1.54, 1.807) is 0 Å². The molecule has 0 aliphatic carbocycles. The molecule has 0 unspecified atom stereocenters. The minimum Gasteiger partial charge on any atom is -0.381 e. The zero-order valence-electron chi connectivity index (χ0n) is 16.1. The molecule has 4 N–H and O–H groups in total. The number of ether oxygens (including phenoxy) is 1. The van der Waals surface area contributed by atoms with E-state index in [1.165, 1.54) is 5.56 Å². The summed E-state index contributed by atoms with van der Waals surface area (Å²) >= 11 is 0. The van der Waals surface area contributed by atoms with E-state index in [-0.39, 0.29) is 18.3 Å². The fourth-order valence-electron chi connectivity index (χ4n) is 2.71. The fourth-order valence-corrected chi connectivity index (χ4v) is 2.71. The average Bonchev–Trinajstić information content (AvgIpc) is 3.21. The molecule has 0 fully saturated rings. The minimum atomic E-state index is -0.0253. The molecule has 0 aliphatic rings. The molecule has 1 aromatic heterocycles. The summed E-state index contributed by atoms with van der Waals surface area (Å²) < 4.78 is 5.61. The Bertz CT molecular complexity index is 868. The molecule has 29 heavy (non-hydrogen) atoms. The van der Waals surface area contributed by atoms with Gasteiger partial charge < -0.3 is 15.8 Å². The number of hydrogen-bond acceptors (Lipinski definition) is 5. The van der Waals surface area contributed by atoms with Crippen LogP contribution in [0.2, 0.25) is 0 Å². The highest BCUT2D eigenvalue weighted by Crippen LogP contribution is 2.18. The van der Waals surface area contributed by atoms with E-state index < -0.39 is 0 Å². The first-order valence-corrected chi connectivity index (χ1v) is 9.38. The molecule has 3 rings (SSSR count). The molecule has 0 atom stereocenters. The summed E-state index contributed by atoms with van der Waals surface area (Å²) in [5.74, 6) is 1.20. The summed E-state index contributed by atoms with van der Waals surface area (Å²) in [7, 11) is 0. The van der Waals surface area contributed by atoms with Crippen molar-refractivity contribution in [3.8, 4) is 11.4 Å². The molecular weight excluding hydrogens is 390 g/mol. The van der Waals surface area contributed by atoms with Gasteiger partial charge in [0.05, 0.1) is 13.2 Å². The predicted octanol–water partition coefficient (Wildman–Crippen LogP) is 3.33. The number of hydrogen-bond donors (Lipinski definition) is 3. The summed E-state index contributed by atoms with van der Waals surface area (Å²) in [6.07, 6.45) is 2.00. The van der Waals surface area contributed by atoms with Gasteiger partial charge in [0.15, 0.2) is 5.82 Å². The van der Waals surface area contributed by atoms with Gasteiger partial charge in [-0.15, -0.1) is 12.4 Å². The van der Waals surface area contributed by atoms with Crippen molar-refractivity contribution in [2.45, 2.75) is 25.8 Å². The Balaban J connectivity index is 0.00000300. The molecule has 8 heteroatoms. The van der Waals surface area contributed by atoms with Crippen LogP contribution in [0.1, 0.15) is 24.2 Å². The number of carbonyl (C=O) groups excluding carboxylic acids is 1. The van der Waals surface area contributed by atoms with Crippen LogP contribution in [0.5, 0.6) is 0 Å². The van der Waals surface area contributed by atoms with Crippen LogP contribution in [0, 0.1) is 0 Å². The number of halogens is 1. The number of aromatic amines is 1. The van der Waals surface area contributed by atoms with Crippen molar-refractivity contribution >= 4 is 24.0 Å². The Labute approximate surface area is 176 Å². The number of nitrogens with one attached hydrogen (secondary N) is 2. The molecule has 0 radical (unpaired) electrons. The molecule has 154 valence electrons. The topological polar surface area (TPSA) is 106 Å². The molecule has 0 aliphatic heterocycles. The van der Waals surface area contributed by atoms with Gasteiger partial charge in [-0.1, -0.05) is 30.3 Å². The number of rotatable bonds is 10. The van der Waals surface area contributed by atoms with E-state index in [0.717, 1.165) is 17.7 Å². The van der Waals surface area contributed by atoms with Crippen LogP contribution >= 0.6 is 12.4 Å². The Morgan fingerprint density at radius 2 is 1.83 bits per heavy atom. The maximum absolute atomic E-state index is 12.1. The van der Waals surface area contributed by atoms with Crippen LogP contribution in [0.15, 0.2) is 54.6 Å². The Kier molecular flexibility index (Phi) is 9.30. The molecule has 1 amide bonds. The van der Waals surface area contributed by atoms with Gasteiger partial charge in [-0.2, -0.15) is 5.10 Å². The second-order valence-corrected chi connectivity index (χ2v) is 6.39. The lowest BCUT2D eigenvalue weighted by molar-refractivity contribution is -0.116. The first-order valence-electron chi connectivity index (χ1n) is 9.38. The quantitative estimate of drug-likeness (QED) is 0.440. The summed E-state index contributed by atoms with van der Waals surface area (Å²) in [6, 6.07) is 17.6. The second-order valence-electron chi connectivity index (χ2n) is 6.39. The molecule has 3 aromatic rings. The molecule has 0 bridgehead atoms. The maximum atomic E-state index is 12.1. The van der Waals surface area contributed by atoms with Gasteiger partial charge in [0, 0.05) is 24.3 Å². The summed E-state index contributed by atoms with van der Waals surface area (Å²) in [6.45, 7) is 1.56. The highest BCUT2D eigenvalue weighted by atomic mass is 35.5. The lowest BCUT2D eigenvalue weighted by Crippen LogP contribution is -2.12. The van der Waals surface area contributed by atoms with E-state index in [0.29, 0.717) is 44.2 Å². The predicted molar refractivity (Wildman–Crippen MR) is 116 cm³/mol. The lowest BCUT2D eigenvalue weighted by atomic mass is 10.2. The van der Waals surface area contributed by atoms with Gasteiger partial charge in [0.25, 0.3) is 0 Å². The SMILES string of the molecule is Cl.NCc1nc(-c2ccc(NC(=O)CCCOCCc3ccccc3)cc2)n[nH]1. The van der Waals surface area contributed by atoms with Gasteiger partial charge in [-0.3, -0.25) is 9.89 Å². The third-order valence-corrected chi connectivity index (χ3v) is 4.22. The van der Waals surface area contributed by atoms with Crippen molar-refractivity contribution < 1.29 is 9.53 Å². The average molecular weight is 416 g/mol. The lowest BCUT2D eigenvalue weighted by Gasteiger charge is -2.07. The highest BCUT2D eigenvalue weighted by Gasteiger charge is 2.06. The van der Waals surface area contributed by atoms with Crippen LogP contribution in [-0.4, -0.2) is 34.3 Å². The van der Waals surface area contributed by atoms with Crippen molar-refractivity contribution in [3.63, 3.8) is 0 Å². The highest BCUT2D eigenvalue weighted by molar-refractivity contribution is 5.90. The number of nitrogens with zero attached hydrogens (tertiary/aromatic N) is 2. The van der Waals surface area contributed by atoms with Gasteiger partial charge in [-0.05, 0) is 42.7 Å². The summed E-state index contributed by atoms with van der Waals surface area (Å²) in [4.78, 5) is 16.3. The van der Waals surface area contributed by atoms with Gasteiger partial charge in [-0.25, -0.2) is 4.98 Å². The first kappa shape index (κ1) is 22.5. The van der Waals surface area contributed by atoms with E-state index in [4.69, 9.17) is 10.5 Å². The van der Waals surface area contributed by atoms with E-state index in [2.05, 4.69) is 32.6 Å². The Hall–Kier alpha value is -2.74. The van der Waals surface area contributed by atoms with Crippen molar-refractivity contribution in [1.29, 1.82) is 0 Å². The monoisotopic (exact) mass is 415 g/mol. The summed E-state index contributed by atoms with van der Waals surface area (Å²) in [5, 5.41) is 9.79. The number of amides is 1. The van der Waals surface area contributed by atoms with Crippen molar-refractivity contribution in [3.05, 3.63) is 66.0 Å². The number of benzene rings is 2. The van der Waals surface area contributed by atoms with Crippen LogP contribution in [0.4, 0.5) is 5.69 Å². The molecule has 1 heterocycles. The second kappa shape index (κ2) is 12.0. The van der Waals surface area contributed by atoms with Gasteiger partial charge in [0.1, 0.15) is 5.82 Å². The normalized spacial score (nSPS) is 10.4. The van der Waals surface area contributed by atoms with Gasteiger partial charge in [0.2, 0.25) is 5.91 Å². The van der Waals surface area contributed by atoms with E-state index >= 15 is 0 Å². The number of anilines is 1. The van der Waals surface area contributed by atoms with Crippen LogP contribution in [0.25, 0.3) is 11.4 Å². The zero-order chi connectivity index (χ0) is 19.6. The molecular formula is C21H26ClN5O2. The standard InChI is InChI=1S/C21H25N5O2.ClH/c22-15-19-24-21(26-25-19)17-8-10-18(11-9-17)23-20(27)7-4-13-28-14-12-16-5-2-1-3-6-16;/h1-3,5-6,8-11H,4,7,12-15,22H2,(H,23,27)(H,24,25,26);1H. The third kappa shape index (κ3) is 7.30. The number of aromatic nitrogens is 3. The van der Waals surface area contributed by atoms with Crippen LogP contribution < -0.4 is 11.1 Å². The van der Waals surface area contributed by atoms with Crippen molar-refractivity contribution in [1.82, 2.24) is 15.2 Å². The van der Waals surface area contributed by atoms with Crippen molar-refractivity contribution in [2.24, 2.45) is 5.73 Å². The van der Waals surface area contributed by atoms with Gasteiger partial charge >= 0.3 is 0 Å².